The van der Waals surface area contributed by atoms with Gasteiger partial charge in [0.05, 0.1) is 0 Å². The number of phenols is 4. The second-order valence-electron chi connectivity index (χ2n) is 7.54. The van der Waals surface area contributed by atoms with Gasteiger partial charge in [-0.15, -0.1) is 0 Å². The number of carbonyl (C=O) groups excluding carboxylic acids is 2. The van der Waals surface area contributed by atoms with Crippen molar-refractivity contribution in [1.82, 2.24) is 0 Å². The van der Waals surface area contributed by atoms with Crippen molar-refractivity contribution in [2.75, 3.05) is 0 Å². The molecule has 0 saturated carbocycles. The van der Waals surface area contributed by atoms with E-state index in [2.05, 4.69) is 9.47 Å². The average molecular weight is 534 g/mol. The van der Waals surface area contributed by atoms with Crippen LogP contribution in [0.1, 0.15) is 11.1 Å². The molecule has 0 aliphatic rings. The number of carboxylic acid groups (broad SMARTS) is 2. The predicted molar refractivity (Wildman–Crippen MR) is 125 cm³/mol. The molecule has 0 aliphatic heterocycles. The minimum absolute atomic E-state index is 0.193. The molecule has 0 aliphatic carbocycles. The summed E-state index contributed by atoms with van der Waals surface area (Å²) in [4.78, 5) is 47.1. The van der Waals surface area contributed by atoms with Crippen molar-refractivity contribution in [3.05, 3.63) is 59.7 Å². The molecule has 8 N–H and O–H groups in total. The van der Waals surface area contributed by atoms with Crippen molar-refractivity contribution >= 4 is 36.0 Å². The summed E-state index contributed by atoms with van der Waals surface area (Å²) in [6.45, 7) is 0. The molecule has 38 heavy (non-hydrogen) atoms. The van der Waals surface area contributed by atoms with Crippen molar-refractivity contribution in [3.63, 3.8) is 0 Å². The van der Waals surface area contributed by atoms with Gasteiger partial charge in [-0.2, -0.15) is 0 Å². The molecule has 14 nitrogen and oxygen atoms in total. The highest BCUT2D eigenvalue weighted by Crippen LogP contribution is 2.26. The highest BCUT2D eigenvalue weighted by Gasteiger charge is 2.43. The second kappa shape index (κ2) is 12.8. The van der Waals surface area contributed by atoms with Crippen molar-refractivity contribution in [1.29, 1.82) is 0 Å². The van der Waals surface area contributed by atoms with Gasteiger partial charge in [0.2, 0.25) is 12.2 Å². The summed E-state index contributed by atoms with van der Waals surface area (Å²) < 4.78 is 9.19. The van der Waals surface area contributed by atoms with E-state index in [1.807, 2.05) is 0 Å². The molecular weight excluding hydrogens is 512 g/mol. The number of carboxylic acids is 2. The van der Waals surface area contributed by atoms with Crippen LogP contribution in [0.15, 0.2) is 48.6 Å². The van der Waals surface area contributed by atoms with Crippen LogP contribution in [0.25, 0.3) is 12.2 Å². The van der Waals surface area contributed by atoms with E-state index >= 15 is 0 Å². The number of hydrogen-bond donors (Lipinski definition) is 8. The van der Waals surface area contributed by atoms with Gasteiger partial charge in [-0.3, -0.25) is 0 Å². The summed E-state index contributed by atoms with van der Waals surface area (Å²) in [5, 5.41) is 76.5. The van der Waals surface area contributed by atoms with Crippen LogP contribution in [-0.4, -0.2) is 89.1 Å². The number of esters is 2. The minimum atomic E-state index is -2.57. The maximum Gasteiger partial charge on any atom is 0.347 e. The first-order valence-electron chi connectivity index (χ1n) is 10.4. The van der Waals surface area contributed by atoms with Crippen molar-refractivity contribution < 1.29 is 69.5 Å². The highest BCUT2D eigenvalue weighted by atomic mass is 16.6. The van der Waals surface area contributed by atoms with E-state index < -0.39 is 71.3 Å². The quantitative estimate of drug-likeness (QED) is 0.107. The number of phenolic OH excluding ortho intramolecular Hbond substituents is 4. The number of aliphatic hydroxyl groups is 2. The van der Waals surface area contributed by atoms with Crippen LogP contribution in [0.4, 0.5) is 0 Å². The zero-order valence-corrected chi connectivity index (χ0v) is 19.1. The van der Waals surface area contributed by atoms with E-state index in [0.717, 1.165) is 36.4 Å². The van der Waals surface area contributed by atoms with Gasteiger partial charge in [-0.05, 0) is 47.5 Å². The third kappa shape index (κ3) is 7.97. The van der Waals surface area contributed by atoms with Gasteiger partial charge in [0, 0.05) is 12.2 Å². The molecule has 0 unspecified atom stereocenters. The van der Waals surface area contributed by atoms with E-state index in [0.29, 0.717) is 12.2 Å². The zero-order valence-electron chi connectivity index (χ0n) is 19.1. The Morgan fingerprint density at radius 1 is 0.605 bits per heavy atom. The maximum atomic E-state index is 12.0. The van der Waals surface area contributed by atoms with E-state index in [1.165, 1.54) is 12.1 Å². The minimum Gasteiger partial charge on any atom is -0.504 e. The second-order valence-corrected chi connectivity index (χ2v) is 7.54. The van der Waals surface area contributed by atoms with Gasteiger partial charge < -0.3 is 50.3 Å². The van der Waals surface area contributed by atoms with Gasteiger partial charge in [-0.1, -0.05) is 12.1 Å². The van der Waals surface area contributed by atoms with Crippen LogP contribution in [0.5, 0.6) is 23.0 Å². The first-order valence-corrected chi connectivity index (χ1v) is 10.4. The standard InChI is InChI=1S/C24H22O14/c25-13-5-1-11(9-15(13)27)3-7-17(29)37-21(23(33)34)19(31)20(32)22(24(35)36)38-18(30)8-4-12-2-6-14(26)16(28)10-12/h1-10,19-22,25-28,31-32H,(H,33,34)(H,35,36)/b7-3+,8-4+/t19-,20+,21-,22-/m0/s1. The Bertz CT molecular complexity index is 1170. The number of aliphatic carboxylic acids is 2. The monoisotopic (exact) mass is 534 g/mol. The smallest absolute Gasteiger partial charge is 0.347 e. The van der Waals surface area contributed by atoms with E-state index in [4.69, 9.17) is 0 Å². The predicted octanol–water partition coefficient (Wildman–Crippen LogP) is -0.0498. The number of ether oxygens (including phenoxy) is 2. The first-order chi connectivity index (χ1) is 17.8. The maximum absolute atomic E-state index is 12.0. The third-order valence-electron chi connectivity index (χ3n) is 4.77. The average Bonchev–Trinajstić information content (AvgIpc) is 2.86. The number of aliphatic hydroxyl groups excluding tert-OH is 2. The summed E-state index contributed by atoms with van der Waals surface area (Å²) in [6.07, 6.45) is -6.62. The largest absolute Gasteiger partial charge is 0.504 e. The Kier molecular flexibility index (Phi) is 9.78. The summed E-state index contributed by atoms with van der Waals surface area (Å²) in [5.74, 6) is -8.51. The Balaban J connectivity index is 2.10. The Morgan fingerprint density at radius 2 is 0.947 bits per heavy atom. The molecule has 202 valence electrons. The van der Waals surface area contributed by atoms with Crippen LogP contribution in [0, 0.1) is 0 Å². The Morgan fingerprint density at radius 3 is 1.24 bits per heavy atom. The number of benzene rings is 2. The Labute approximate surface area is 213 Å². The van der Waals surface area contributed by atoms with E-state index in [9.17, 15) is 60.0 Å². The zero-order chi connectivity index (χ0) is 28.6. The van der Waals surface area contributed by atoms with Crippen molar-refractivity contribution in [2.24, 2.45) is 0 Å². The van der Waals surface area contributed by atoms with E-state index in [1.54, 1.807) is 0 Å². The molecule has 2 aromatic rings. The lowest BCUT2D eigenvalue weighted by Gasteiger charge is -2.26. The molecule has 0 radical (unpaired) electrons. The van der Waals surface area contributed by atoms with E-state index in [-0.39, 0.29) is 11.1 Å². The number of carbonyl (C=O) groups is 4. The highest BCUT2D eigenvalue weighted by molar-refractivity contribution is 5.90. The molecule has 0 saturated heterocycles. The van der Waals surface area contributed by atoms with Gasteiger partial charge in [0.25, 0.3) is 0 Å². The lowest BCUT2D eigenvalue weighted by Crippen LogP contribution is -2.52. The summed E-state index contributed by atoms with van der Waals surface area (Å²) in [6, 6.07) is 6.93. The molecule has 14 heteroatoms. The normalized spacial score (nSPS) is 14.5. The summed E-state index contributed by atoms with van der Waals surface area (Å²) in [5.41, 5.74) is 0.385. The molecule has 0 bridgehead atoms. The van der Waals surface area contributed by atoms with Gasteiger partial charge in [-0.25, -0.2) is 19.2 Å². The molecule has 0 amide bonds. The summed E-state index contributed by atoms with van der Waals surface area (Å²) >= 11 is 0. The fraction of sp³-hybridized carbons (Fsp3) is 0.167. The summed E-state index contributed by atoms with van der Waals surface area (Å²) in [7, 11) is 0. The molecule has 2 aromatic carbocycles. The topological polar surface area (TPSA) is 249 Å². The fourth-order valence-electron chi connectivity index (χ4n) is 2.84. The van der Waals surface area contributed by atoms with Gasteiger partial charge in [0.1, 0.15) is 12.2 Å². The molecule has 0 fully saturated rings. The van der Waals surface area contributed by atoms with Crippen LogP contribution >= 0.6 is 0 Å². The van der Waals surface area contributed by atoms with Crippen molar-refractivity contribution in [2.45, 2.75) is 24.4 Å². The number of rotatable bonds is 11. The molecule has 2 rings (SSSR count). The van der Waals surface area contributed by atoms with Crippen molar-refractivity contribution in [3.8, 4) is 23.0 Å². The molecule has 0 spiro atoms. The van der Waals surface area contributed by atoms with Crippen LogP contribution in [-0.2, 0) is 28.7 Å². The van der Waals surface area contributed by atoms with Crippen LogP contribution in [0.2, 0.25) is 0 Å². The lowest BCUT2D eigenvalue weighted by molar-refractivity contribution is -0.188. The molecule has 0 aromatic heterocycles. The lowest BCUT2D eigenvalue weighted by atomic mass is 10.0. The van der Waals surface area contributed by atoms with Crippen LogP contribution < -0.4 is 0 Å². The van der Waals surface area contributed by atoms with Gasteiger partial charge >= 0.3 is 23.9 Å². The third-order valence-corrected chi connectivity index (χ3v) is 4.77. The Hall–Kier alpha value is -5.08. The van der Waals surface area contributed by atoms with Gasteiger partial charge in [0.15, 0.2) is 23.0 Å². The van der Waals surface area contributed by atoms with Crippen LogP contribution in [0.3, 0.4) is 0 Å². The SMILES string of the molecule is O=C(/C=C/c1ccc(O)c(O)c1)O[C@H](C(=O)O)[C@H](O)[C@H](O)[C@H](OC(=O)/C=C/c1ccc(O)c(O)c1)C(=O)O. The number of aromatic hydroxyl groups is 4. The fourth-order valence-corrected chi connectivity index (χ4v) is 2.84. The number of hydrogen-bond acceptors (Lipinski definition) is 12. The molecule has 4 atom stereocenters. The molecule has 0 heterocycles. The first kappa shape index (κ1) is 29.2. The molecular formula is C24H22O14.